The van der Waals surface area contributed by atoms with Gasteiger partial charge in [0.15, 0.2) is 9.84 Å². The summed E-state index contributed by atoms with van der Waals surface area (Å²) in [5.41, 5.74) is -0.204. The fraction of sp³-hybridized carbons (Fsp3) is 0.125. The number of halogens is 3. The highest BCUT2D eigenvalue weighted by molar-refractivity contribution is 7.90. The van der Waals surface area contributed by atoms with E-state index in [4.69, 9.17) is 0 Å². The minimum atomic E-state index is -4.62. The molecule has 1 aromatic heterocycles. The van der Waals surface area contributed by atoms with Crippen molar-refractivity contribution in [2.45, 2.75) is 23.4 Å². The second-order valence-corrected chi connectivity index (χ2v) is 9.43. The molecular formula is C24H19F3N2O3S. The number of sulfone groups is 1. The summed E-state index contributed by atoms with van der Waals surface area (Å²) in [5, 5.41) is 2.73. The standard InChI is InChI=1S/C24H19F3N2O3S/c25-24(26,27)19-11-5-6-12-20(19)28-23(30)15-29-14-22(18-10-4-7-13-21(18)29)33(31,32)16-17-8-2-1-3-9-17/h1-14H,15-16H2,(H,28,30). The Kier molecular flexibility index (Phi) is 5.99. The number of nitrogens with zero attached hydrogens (tertiary/aromatic N) is 1. The number of carbonyl (C=O) groups is 1. The number of aromatic nitrogens is 1. The fourth-order valence-electron chi connectivity index (χ4n) is 3.65. The minimum absolute atomic E-state index is 0.0606. The summed E-state index contributed by atoms with van der Waals surface area (Å²) in [4.78, 5) is 12.7. The average molecular weight is 472 g/mol. The Morgan fingerprint density at radius 2 is 1.52 bits per heavy atom. The van der Waals surface area contributed by atoms with E-state index in [1.165, 1.54) is 29.0 Å². The van der Waals surface area contributed by atoms with Crippen molar-refractivity contribution < 1.29 is 26.4 Å². The first kappa shape index (κ1) is 22.6. The van der Waals surface area contributed by atoms with E-state index in [1.54, 1.807) is 54.6 Å². The Labute approximate surface area is 188 Å². The van der Waals surface area contributed by atoms with Gasteiger partial charge in [0.25, 0.3) is 0 Å². The SMILES string of the molecule is O=C(Cn1cc(S(=O)(=O)Cc2ccccc2)c2ccccc21)Nc1ccccc1C(F)(F)F. The van der Waals surface area contributed by atoms with Gasteiger partial charge in [0.05, 0.1) is 21.9 Å². The molecule has 1 amide bonds. The second-order valence-electron chi connectivity index (χ2n) is 7.47. The van der Waals surface area contributed by atoms with Crippen LogP contribution in [-0.4, -0.2) is 18.9 Å². The molecule has 0 spiro atoms. The Morgan fingerprint density at radius 3 is 2.24 bits per heavy atom. The van der Waals surface area contributed by atoms with Crippen LogP contribution >= 0.6 is 0 Å². The molecule has 33 heavy (non-hydrogen) atoms. The molecule has 0 aliphatic rings. The number of alkyl halides is 3. The van der Waals surface area contributed by atoms with Gasteiger partial charge < -0.3 is 9.88 Å². The van der Waals surface area contributed by atoms with Crippen LogP contribution in [0, 0.1) is 0 Å². The Morgan fingerprint density at radius 1 is 0.879 bits per heavy atom. The zero-order valence-electron chi connectivity index (χ0n) is 17.2. The number of para-hydroxylation sites is 2. The molecule has 0 saturated heterocycles. The van der Waals surface area contributed by atoms with Crippen molar-refractivity contribution in [2.75, 3.05) is 5.32 Å². The molecule has 0 atom stereocenters. The van der Waals surface area contributed by atoms with Gasteiger partial charge in [0.1, 0.15) is 6.54 Å². The minimum Gasteiger partial charge on any atom is -0.337 e. The summed E-state index contributed by atoms with van der Waals surface area (Å²) in [6, 6.07) is 20.1. The maximum atomic E-state index is 13.2. The van der Waals surface area contributed by atoms with Crippen LogP contribution < -0.4 is 5.32 Å². The maximum absolute atomic E-state index is 13.2. The highest BCUT2D eigenvalue weighted by Crippen LogP contribution is 2.34. The molecule has 9 heteroatoms. The molecular weight excluding hydrogens is 453 g/mol. The molecule has 0 unspecified atom stereocenters. The molecule has 3 aromatic carbocycles. The molecule has 0 bridgehead atoms. The third kappa shape index (κ3) is 4.93. The summed E-state index contributed by atoms with van der Waals surface area (Å²) in [5.74, 6) is -0.924. The van der Waals surface area contributed by atoms with Crippen LogP contribution in [0.25, 0.3) is 10.9 Å². The van der Waals surface area contributed by atoms with E-state index >= 15 is 0 Å². The lowest BCUT2D eigenvalue weighted by atomic mass is 10.1. The topological polar surface area (TPSA) is 68.2 Å². The van der Waals surface area contributed by atoms with Crippen LogP contribution in [-0.2, 0) is 33.1 Å². The van der Waals surface area contributed by atoms with E-state index in [0.717, 1.165) is 6.07 Å². The van der Waals surface area contributed by atoms with Crippen LogP contribution in [0.1, 0.15) is 11.1 Å². The molecule has 0 saturated carbocycles. The molecule has 0 aliphatic carbocycles. The summed E-state index contributed by atoms with van der Waals surface area (Å²) in [7, 11) is -3.74. The molecule has 0 fully saturated rings. The third-order valence-corrected chi connectivity index (χ3v) is 6.82. The van der Waals surface area contributed by atoms with E-state index in [1.807, 2.05) is 0 Å². The van der Waals surface area contributed by atoms with Crippen molar-refractivity contribution >= 4 is 32.3 Å². The van der Waals surface area contributed by atoms with Gasteiger partial charge in [-0.1, -0.05) is 60.7 Å². The number of benzene rings is 3. The van der Waals surface area contributed by atoms with Gasteiger partial charge in [0.2, 0.25) is 5.91 Å². The number of hydrogen-bond acceptors (Lipinski definition) is 3. The maximum Gasteiger partial charge on any atom is 0.418 e. The van der Waals surface area contributed by atoms with E-state index in [0.29, 0.717) is 16.5 Å². The van der Waals surface area contributed by atoms with Crippen LogP contribution in [0.4, 0.5) is 18.9 Å². The molecule has 170 valence electrons. The average Bonchev–Trinajstić information content (AvgIpc) is 3.13. The number of rotatable bonds is 6. The van der Waals surface area contributed by atoms with Gasteiger partial charge in [0, 0.05) is 17.1 Å². The molecule has 1 N–H and O–H groups in total. The Bertz CT molecular complexity index is 1410. The zero-order valence-corrected chi connectivity index (χ0v) is 18.0. The zero-order chi connectivity index (χ0) is 23.6. The van der Waals surface area contributed by atoms with Crippen LogP contribution in [0.2, 0.25) is 0 Å². The number of fused-ring (bicyclic) bond motifs is 1. The number of amides is 1. The normalized spacial score (nSPS) is 12.1. The lowest BCUT2D eigenvalue weighted by Gasteiger charge is -2.14. The van der Waals surface area contributed by atoms with Crippen molar-refractivity contribution in [1.29, 1.82) is 0 Å². The summed E-state index contributed by atoms with van der Waals surface area (Å²) < 4.78 is 67.3. The highest BCUT2D eigenvalue weighted by Gasteiger charge is 2.33. The van der Waals surface area contributed by atoms with E-state index < -0.39 is 27.5 Å². The third-order valence-electron chi connectivity index (χ3n) is 5.11. The number of carbonyl (C=O) groups excluding carboxylic acids is 1. The highest BCUT2D eigenvalue weighted by atomic mass is 32.2. The first-order chi connectivity index (χ1) is 15.6. The molecule has 4 rings (SSSR count). The van der Waals surface area contributed by atoms with Gasteiger partial charge in [-0.25, -0.2) is 8.42 Å². The van der Waals surface area contributed by atoms with E-state index in [9.17, 15) is 26.4 Å². The monoisotopic (exact) mass is 472 g/mol. The summed E-state index contributed by atoms with van der Waals surface area (Å²) in [6.07, 6.45) is -3.26. The second kappa shape index (κ2) is 8.74. The lowest BCUT2D eigenvalue weighted by Crippen LogP contribution is -2.20. The quantitative estimate of drug-likeness (QED) is 0.416. The van der Waals surface area contributed by atoms with Gasteiger partial charge in [-0.05, 0) is 23.8 Å². The molecule has 0 aliphatic heterocycles. The van der Waals surface area contributed by atoms with Gasteiger partial charge in [-0.15, -0.1) is 0 Å². The van der Waals surface area contributed by atoms with Crippen molar-refractivity contribution in [1.82, 2.24) is 4.57 Å². The van der Waals surface area contributed by atoms with Crippen LogP contribution in [0.5, 0.6) is 0 Å². The molecule has 0 radical (unpaired) electrons. The van der Waals surface area contributed by atoms with Crippen LogP contribution in [0.15, 0.2) is 90.0 Å². The van der Waals surface area contributed by atoms with Gasteiger partial charge >= 0.3 is 6.18 Å². The Hall–Kier alpha value is -3.59. The Balaban J connectivity index is 1.64. The molecule has 1 heterocycles. The number of anilines is 1. The largest absolute Gasteiger partial charge is 0.418 e. The van der Waals surface area contributed by atoms with Crippen molar-refractivity contribution in [3.63, 3.8) is 0 Å². The van der Waals surface area contributed by atoms with Crippen molar-refractivity contribution in [3.8, 4) is 0 Å². The van der Waals surface area contributed by atoms with Crippen molar-refractivity contribution in [2.24, 2.45) is 0 Å². The lowest BCUT2D eigenvalue weighted by molar-refractivity contribution is -0.137. The first-order valence-corrected chi connectivity index (χ1v) is 11.6. The van der Waals surface area contributed by atoms with Crippen molar-refractivity contribution in [3.05, 3.63) is 96.2 Å². The fourth-order valence-corrected chi connectivity index (χ4v) is 5.23. The predicted octanol–water partition coefficient (Wildman–Crippen LogP) is 5.27. The molecule has 4 aromatic rings. The number of hydrogen-bond donors (Lipinski definition) is 1. The predicted molar refractivity (Wildman–Crippen MR) is 119 cm³/mol. The summed E-state index contributed by atoms with van der Waals surface area (Å²) in [6.45, 7) is -0.354. The first-order valence-electron chi connectivity index (χ1n) is 9.96. The van der Waals surface area contributed by atoms with Gasteiger partial charge in [-0.2, -0.15) is 13.2 Å². The molecule has 5 nitrogen and oxygen atoms in total. The van der Waals surface area contributed by atoms with Crippen LogP contribution in [0.3, 0.4) is 0 Å². The van der Waals surface area contributed by atoms with E-state index in [-0.39, 0.29) is 22.9 Å². The smallest absolute Gasteiger partial charge is 0.337 e. The summed E-state index contributed by atoms with van der Waals surface area (Å²) >= 11 is 0. The number of nitrogens with one attached hydrogen (secondary N) is 1. The van der Waals surface area contributed by atoms with E-state index in [2.05, 4.69) is 5.32 Å². The van der Waals surface area contributed by atoms with Gasteiger partial charge in [-0.3, -0.25) is 4.79 Å².